The van der Waals surface area contributed by atoms with Crippen LogP contribution in [-0.2, 0) is 11.3 Å². The summed E-state index contributed by atoms with van der Waals surface area (Å²) in [6.45, 7) is 0.414. The Morgan fingerprint density at radius 3 is 3.10 bits per heavy atom. The summed E-state index contributed by atoms with van der Waals surface area (Å²) in [6.07, 6.45) is 1.17. The van der Waals surface area contributed by atoms with Crippen LogP contribution in [0.5, 0.6) is 0 Å². The molecule has 0 bridgehead atoms. The number of fused-ring (bicyclic) bond motifs is 1. The lowest BCUT2D eigenvalue weighted by molar-refractivity contribution is 0.164. The second-order valence-electron chi connectivity index (χ2n) is 4.22. The summed E-state index contributed by atoms with van der Waals surface area (Å²) < 4.78 is 23.4. The summed E-state index contributed by atoms with van der Waals surface area (Å²) in [5.41, 5.74) is 1.26. The average molecular weight is 270 g/mol. The number of pyridine rings is 1. The average Bonchev–Trinajstić information content (AvgIpc) is 3.02. The highest BCUT2D eigenvalue weighted by molar-refractivity contribution is 5.77. The number of rotatable bonds is 2. The van der Waals surface area contributed by atoms with Gasteiger partial charge in [0.25, 0.3) is 0 Å². The van der Waals surface area contributed by atoms with E-state index < -0.39 is 0 Å². The lowest BCUT2D eigenvalue weighted by Gasteiger charge is -1.90. The van der Waals surface area contributed by atoms with Crippen molar-refractivity contribution in [3.8, 4) is 11.8 Å². The number of furan rings is 1. The first kappa shape index (κ1) is 12.5. The van der Waals surface area contributed by atoms with Crippen LogP contribution >= 0.6 is 0 Å². The highest BCUT2D eigenvalue weighted by Crippen LogP contribution is 2.14. The van der Waals surface area contributed by atoms with Gasteiger partial charge in [-0.25, -0.2) is 9.37 Å². The molecule has 4 nitrogen and oxygen atoms in total. The van der Waals surface area contributed by atoms with Gasteiger partial charge in [0.05, 0.1) is 11.9 Å². The normalized spacial score (nSPS) is 10.5. The van der Waals surface area contributed by atoms with E-state index in [2.05, 4.69) is 21.8 Å². The van der Waals surface area contributed by atoms with Gasteiger partial charge in [-0.15, -0.1) is 0 Å². The van der Waals surface area contributed by atoms with E-state index in [1.54, 1.807) is 19.2 Å². The highest BCUT2D eigenvalue weighted by Gasteiger charge is 2.02. The third-order valence-electron chi connectivity index (χ3n) is 2.71. The number of hydrogen-bond acceptors (Lipinski definition) is 3. The van der Waals surface area contributed by atoms with Gasteiger partial charge < -0.3 is 14.1 Å². The van der Waals surface area contributed by atoms with Gasteiger partial charge in [0, 0.05) is 12.5 Å². The van der Waals surface area contributed by atoms with Gasteiger partial charge in [-0.05, 0) is 36.1 Å². The fourth-order valence-electron chi connectivity index (χ4n) is 1.85. The SMILES string of the molecule is COCc1ccc(C#Cc2cc3cc(F)cnc3[nH]2)o1. The van der Waals surface area contributed by atoms with Gasteiger partial charge >= 0.3 is 0 Å². The molecule has 0 aliphatic carbocycles. The Labute approximate surface area is 114 Å². The smallest absolute Gasteiger partial charge is 0.177 e. The van der Waals surface area contributed by atoms with Crippen molar-refractivity contribution in [2.45, 2.75) is 6.61 Å². The lowest BCUT2D eigenvalue weighted by atomic mass is 10.3. The summed E-state index contributed by atoms with van der Waals surface area (Å²) in [4.78, 5) is 6.95. The van der Waals surface area contributed by atoms with Gasteiger partial charge in [0.1, 0.15) is 23.8 Å². The number of aromatic nitrogens is 2. The van der Waals surface area contributed by atoms with Gasteiger partial charge in [0.15, 0.2) is 5.76 Å². The van der Waals surface area contributed by atoms with E-state index in [9.17, 15) is 4.39 Å². The molecule has 0 amide bonds. The molecular weight excluding hydrogens is 259 g/mol. The minimum atomic E-state index is -0.369. The summed E-state index contributed by atoms with van der Waals surface area (Å²) in [6, 6.07) is 6.75. The van der Waals surface area contributed by atoms with Crippen molar-refractivity contribution in [1.29, 1.82) is 0 Å². The van der Waals surface area contributed by atoms with E-state index in [1.807, 2.05) is 6.07 Å². The van der Waals surface area contributed by atoms with Crippen LogP contribution in [0.25, 0.3) is 11.0 Å². The van der Waals surface area contributed by atoms with E-state index in [0.29, 0.717) is 29.1 Å². The summed E-state index contributed by atoms with van der Waals surface area (Å²) >= 11 is 0. The fraction of sp³-hybridized carbons (Fsp3) is 0.133. The number of nitrogens with one attached hydrogen (secondary N) is 1. The molecule has 3 aromatic rings. The van der Waals surface area contributed by atoms with Crippen molar-refractivity contribution in [2.75, 3.05) is 7.11 Å². The van der Waals surface area contributed by atoms with Crippen LogP contribution in [-0.4, -0.2) is 17.1 Å². The van der Waals surface area contributed by atoms with Crippen LogP contribution in [0, 0.1) is 17.7 Å². The number of hydrogen-bond donors (Lipinski definition) is 1. The maximum Gasteiger partial charge on any atom is 0.177 e. The van der Waals surface area contributed by atoms with Gasteiger partial charge in [-0.3, -0.25) is 0 Å². The van der Waals surface area contributed by atoms with Gasteiger partial charge in [0.2, 0.25) is 0 Å². The molecule has 0 radical (unpaired) electrons. The van der Waals surface area contributed by atoms with Crippen LogP contribution in [0.2, 0.25) is 0 Å². The van der Waals surface area contributed by atoms with E-state index >= 15 is 0 Å². The zero-order valence-electron chi connectivity index (χ0n) is 10.7. The van der Waals surface area contributed by atoms with Crippen LogP contribution in [0.3, 0.4) is 0 Å². The Morgan fingerprint density at radius 1 is 1.35 bits per heavy atom. The predicted octanol–water partition coefficient (Wildman–Crippen LogP) is 2.84. The Balaban J connectivity index is 1.87. The Hall–Kier alpha value is -2.58. The molecule has 0 aliphatic heterocycles. The van der Waals surface area contributed by atoms with E-state index in [4.69, 9.17) is 9.15 Å². The summed E-state index contributed by atoms with van der Waals surface area (Å²) in [5, 5.41) is 0.689. The van der Waals surface area contributed by atoms with Crippen molar-refractivity contribution in [1.82, 2.24) is 9.97 Å². The van der Waals surface area contributed by atoms with E-state index in [1.165, 1.54) is 12.3 Å². The summed E-state index contributed by atoms with van der Waals surface area (Å²) in [7, 11) is 1.60. The highest BCUT2D eigenvalue weighted by atomic mass is 19.1. The molecule has 0 saturated carbocycles. The Morgan fingerprint density at radius 2 is 2.25 bits per heavy atom. The van der Waals surface area contributed by atoms with Gasteiger partial charge in [-0.2, -0.15) is 0 Å². The quantitative estimate of drug-likeness (QED) is 0.728. The molecule has 3 heterocycles. The zero-order valence-corrected chi connectivity index (χ0v) is 10.7. The fourth-order valence-corrected chi connectivity index (χ4v) is 1.85. The lowest BCUT2D eigenvalue weighted by Crippen LogP contribution is -1.81. The summed E-state index contributed by atoms with van der Waals surface area (Å²) in [5.74, 6) is 6.71. The maximum absolute atomic E-state index is 13.0. The predicted molar refractivity (Wildman–Crippen MR) is 71.5 cm³/mol. The number of methoxy groups -OCH3 is 1. The van der Waals surface area contributed by atoms with Crippen LogP contribution < -0.4 is 0 Å². The van der Waals surface area contributed by atoms with Crippen molar-refractivity contribution in [3.05, 3.63) is 53.5 Å². The third kappa shape index (κ3) is 2.56. The second-order valence-corrected chi connectivity index (χ2v) is 4.22. The number of nitrogens with zero attached hydrogens (tertiary/aromatic N) is 1. The molecule has 3 rings (SSSR count). The standard InChI is InChI=1S/C15H11FN2O2/c1-19-9-14-5-4-13(20-14)3-2-12-7-10-6-11(16)8-17-15(10)18-12/h4-8H,9H2,1H3,(H,17,18). The van der Waals surface area contributed by atoms with Crippen LogP contribution in [0.1, 0.15) is 17.2 Å². The molecule has 0 aliphatic rings. The molecule has 100 valence electrons. The minimum absolute atomic E-state index is 0.369. The number of aromatic amines is 1. The molecule has 0 atom stereocenters. The zero-order chi connectivity index (χ0) is 13.9. The number of ether oxygens (including phenoxy) is 1. The molecule has 20 heavy (non-hydrogen) atoms. The van der Waals surface area contributed by atoms with E-state index in [-0.39, 0.29) is 5.82 Å². The first-order valence-corrected chi connectivity index (χ1v) is 5.98. The molecular formula is C15H11FN2O2. The van der Waals surface area contributed by atoms with Crippen LogP contribution in [0.4, 0.5) is 4.39 Å². The maximum atomic E-state index is 13.0. The third-order valence-corrected chi connectivity index (χ3v) is 2.71. The van der Waals surface area contributed by atoms with Crippen molar-refractivity contribution >= 4 is 11.0 Å². The molecule has 5 heteroatoms. The molecule has 0 fully saturated rings. The molecule has 0 spiro atoms. The molecule has 1 N–H and O–H groups in total. The topological polar surface area (TPSA) is 51.0 Å². The first-order chi connectivity index (χ1) is 9.74. The molecule has 0 saturated heterocycles. The minimum Gasteiger partial charge on any atom is -0.450 e. The number of H-pyrrole nitrogens is 1. The second kappa shape index (κ2) is 5.19. The monoisotopic (exact) mass is 270 g/mol. The van der Waals surface area contributed by atoms with Crippen molar-refractivity contribution in [2.24, 2.45) is 0 Å². The Bertz CT molecular complexity index is 808. The molecule has 0 aromatic carbocycles. The first-order valence-electron chi connectivity index (χ1n) is 5.98. The Kier molecular flexibility index (Phi) is 3.23. The largest absolute Gasteiger partial charge is 0.450 e. The molecule has 3 aromatic heterocycles. The van der Waals surface area contributed by atoms with Crippen molar-refractivity contribution < 1.29 is 13.5 Å². The number of halogens is 1. The van der Waals surface area contributed by atoms with Gasteiger partial charge in [-0.1, -0.05) is 0 Å². The van der Waals surface area contributed by atoms with E-state index in [0.717, 1.165) is 5.76 Å². The molecule has 0 unspecified atom stereocenters. The van der Waals surface area contributed by atoms with Crippen LogP contribution in [0.15, 0.2) is 34.9 Å². The van der Waals surface area contributed by atoms with Crippen molar-refractivity contribution in [3.63, 3.8) is 0 Å².